The van der Waals surface area contributed by atoms with Crippen LogP contribution in [0.3, 0.4) is 0 Å². The van der Waals surface area contributed by atoms with E-state index in [-0.39, 0.29) is 12.1 Å². The van der Waals surface area contributed by atoms with Gasteiger partial charge in [0.15, 0.2) is 5.71 Å². The van der Waals surface area contributed by atoms with Crippen molar-refractivity contribution in [2.75, 3.05) is 34.5 Å². The smallest absolute Gasteiger partial charge is 0.326 e. The van der Waals surface area contributed by atoms with Crippen LogP contribution < -0.4 is 14.8 Å². The molecule has 1 aliphatic rings. The van der Waals surface area contributed by atoms with E-state index in [9.17, 15) is 14.7 Å². The van der Waals surface area contributed by atoms with Crippen molar-refractivity contribution in [1.82, 2.24) is 5.32 Å². The van der Waals surface area contributed by atoms with Gasteiger partial charge in [0, 0.05) is 25.0 Å². The maximum Gasteiger partial charge on any atom is 0.326 e. The molecule has 194 valence electrons. The van der Waals surface area contributed by atoms with E-state index in [0.29, 0.717) is 44.0 Å². The van der Waals surface area contributed by atoms with E-state index in [1.54, 1.807) is 14.2 Å². The van der Waals surface area contributed by atoms with Crippen LogP contribution in [0.25, 0.3) is 11.1 Å². The Morgan fingerprint density at radius 1 is 1.06 bits per heavy atom. The average molecular weight is 499 g/mol. The molecular formula is C27H34N2O7. The molecule has 9 heteroatoms. The largest absolute Gasteiger partial charge is 0.496 e. The monoisotopic (exact) mass is 498 g/mol. The van der Waals surface area contributed by atoms with Crippen LogP contribution in [0.5, 0.6) is 11.5 Å². The minimum atomic E-state index is -1.14. The van der Waals surface area contributed by atoms with Crippen LogP contribution in [0.1, 0.15) is 31.7 Å². The minimum Gasteiger partial charge on any atom is -0.496 e. The molecule has 1 heterocycles. The van der Waals surface area contributed by atoms with E-state index in [2.05, 4.69) is 10.5 Å². The Morgan fingerprint density at radius 2 is 1.67 bits per heavy atom. The lowest BCUT2D eigenvalue weighted by molar-refractivity contribution is -0.141. The summed E-state index contributed by atoms with van der Waals surface area (Å²) in [6.07, 6.45) is 2.00. The van der Waals surface area contributed by atoms with Crippen LogP contribution in [0.4, 0.5) is 0 Å². The Kier molecular flexibility index (Phi) is 9.30. The predicted molar refractivity (Wildman–Crippen MR) is 135 cm³/mol. The quantitative estimate of drug-likeness (QED) is 0.359. The van der Waals surface area contributed by atoms with Gasteiger partial charge < -0.3 is 29.5 Å². The molecular weight excluding hydrogens is 464 g/mol. The fourth-order valence-corrected chi connectivity index (χ4v) is 4.60. The lowest BCUT2D eigenvalue weighted by Gasteiger charge is -2.36. The Morgan fingerprint density at radius 3 is 2.17 bits per heavy atom. The number of benzene rings is 2. The molecule has 0 radical (unpaired) electrons. The normalized spacial score (nSPS) is 16.1. The summed E-state index contributed by atoms with van der Waals surface area (Å²) < 4.78 is 16.4. The Labute approximate surface area is 211 Å². The molecule has 0 aliphatic carbocycles. The molecule has 36 heavy (non-hydrogen) atoms. The van der Waals surface area contributed by atoms with Crippen LogP contribution >= 0.6 is 0 Å². The van der Waals surface area contributed by atoms with Crippen molar-refractivity contribution in [3.8, 4) is 22.6 Å². The van der Waals surface area contributed by atoms with Gasteiger partial charge in [-0.25, -0.2) is 4.79 Å². The number of aliphatic carboxylic acids is 1. The highest BCUT2D eigenvalue weighted by Crippen LogP contribution is 2.38. The first kappa shape index (κ1) is 27.0. The molecule has 1 fully saturated rings. The summed E-state index contributed by atoms with van der Waals surface area (Å²) in [5.41, 5.74) is 2.11. The highest BCUT2D eigenvalue weighted by Gasteiger charge is 2.41. The van der Waals surface area contributed by atoms with Crippen molar-refractivity contribution in [3.63, 3.8) is 0 Å². The summed E-state index contributed by atoms with van der Waals surface area (Å²) in [5, 5.41) is 16.5. The van der Waals surface area contributed by atoms with Gasteiger partial charge in [-0.3, -0.25) is 4.79 Å². The number of ether oxygens (including phenoxy) is 3. The number of hydrogen-bond acceptors (Lipinski definition) is 7. The maximum atomic E-state index is 13.2. The lowest BCUT2D eigenvalue weighted by atomic mass is 9.73. The number of nitrogens with one attached hydrogen (secondary N) is 1. The summed E-state index contributed by atoms with van der Waals surface area (Å²) in [6.45, 7) is 3.00. The summed E-state index contributed by atoms with van der Waals surface area (Å²) in [6, 6.07) is 11.8. The Balaban J connectivity index is 1.80. The van der Waals surface area contributed by atoms with Gasteiger partial charge in [-0.1, -0.05) is 42.4 Å². The molecule has 0 spiro atoms. The van der Waals surface area contributed by atoms with Crippen molar-refractivity contribution in [1.29, 1.82) is 0 Å². The third kappa shape index (κ3) is 5.96. The van der Waals surface area contributed by atoms with E-state index < -0.39 is 23.3 Å². The molecule has 1 amide bonds. The second-order valence-corrected chi connectivity index (χ2v) is 8.67. The zero-order valence-corrected chi connectivity index (χ0v) is 21.2. The van der Waals surface area contributed by atoms with E-state index in [1.165, 1.54) is 7.11 Å². The van der Waals surface area contributed by atoms with Crippen molar-refractivity contribution < 1.29 is 33.7 Å². The van der Waals surface area contributed by atoms with Crippen LogP contribution in [-0.4, -0.2) is 63.3 Å². The molecule has 2 aromatic rings. The molecule has 1 atom stereocenters. The van der Waals surface area contributed by atoms with Gasteiger partial charge in [-0.15, -0.1) is 0 Å². The molecule has 0 aromatic heterocycles. The van der Waals surface area contributed by atoms with E-state index in [0.717, 1.165) is 16.7 Å². The van der Waals surface area contributed by atoms with Crippen molar-refractivity contribution in [2.45, 2.75) is 38.6 Å². The maximum absolute atomic E-state index is 13.2. The first-order chi connectivity index (χ1) is 17.4. The average Bonchev–Trinajstić information content (AvgIpc) is 2.91. The fourth-order valence-electron chi connectivity index (χ4n) is 4.60. The van der Waals surface area contributed by atoms with Gasteiger partial charge in [0.1, 0.15) is 24.7 Å². The highest BCUT2D eigenvalue weighted by atomic mass is 16.6. The molecule has 2 aromatic carbocycles. The molecule has 1 saturated heterocycles. The van der Waals surface area contributed by atoms with Gasteiger partial charge in [0.2, 0.25) is 0 Å². The van der Waals surface area contributed by atoms with Crippen LogP contribution in [-0.2, 0) is 25.6 Å². The third-order valence-electron chi connectivity index (χ3n) is 6.74. The standard InChI is InChI=1S/C27H34N2O7/c1-5-27(13-15-36-16-14-27)24(29-35-4)25(30)28-20(26(31)32)17-18-9-11-19(12-10-18)23-21(33-2)7-6-8-22(23)34-3/h6-12,20H,5,13-17H2,1-4H3,(H,28,30)(H,31,32)/t20-/m0/s1. The number of hydrogen-bond donors (Lipinski definition) is 2. The summed E-state index contributed by atoms with van der Waals surface area (Å²) in [4.78, 5) is 30.3. The van der Waals surface area contributed by atoms with E-state index in [1.807, 2.05) is 49.4 Å². The van der Waals surface area contributed by atoms with Gasteiger partial charge in [0.25, 0.3) is 5.91 Å². The van der Waals surface area contributed by atoms with Crippen molar-refractivity contribution >= 4 is 17.6 Å². The molecule has 3 rings (SSSR count). The molecule has 0 unspecified atom stereocenters. The summed E-state index contributed by atoms with van der Waals surface area (Å²) in [5.74, 6) is -0.335. The predicted octanol–water partition coefficient (Wildman–Crippen LogP) is 3.69. The summed E-state index contributed by atoms with van der Waals surface area (Å²) in [7, 11) is 4.57. The van der Waals surface area contributed by atoms with Gasteiger partial charge in [-0.05, 0) is 42.5 Å². The van der Waals surface area contributed by atoms with Crippen LogP contribution in [0.15, 0.2) is 47.6 Å². The number of carbonyl (C=O) groups is 2. The second-order valence-electron chi connectivity index (χ2n) is 8.67. The van der Waals surface area contributed by atoms with Gasteiger partial charge in [-0.2, -0.15) is 0 Å². The highest BCUT2D eigenvalue weighted by molar-refractivity contribution is 6.41. The third-order valence-corrected chi connectivity index (χ3v) is 6.74. The SMILES string of the molecule is CCC1(C(=NOC)C(=O)N[C@@H](Cc2ccc(-c3c(OC)cccc3OC)cc2)C(=O)O)CCOCC1. The second kappa shape index (κ2) is 12.4. The Bertz CT molecular complexity index is 1050. The number of carboxylic acid groups (broad SMARTS) is 1. The number of amides is 1. The molecule has 0 saturated carbocycles. The lowest BCUT2D eigenvalue weighted by Crippen LogP contribution is -2.51. The first-order valence-electron chi connectivity index (χ1n) is 11.9. The molecule has 0 bridgehead atoms. The van der Waals surface area contributed by atoms with E-state index in [4.69, 9.17) is 19.0 Å². The topological polar surface area (TPSA) is 116 Å². The molecule has 2 N–H and O–H groups in total. The number of rotatable bonds is 11. The van der Waals surface area contributed by atoms with Crippen molar-refractivity contribution in [3.05, 3.63) is 48.0 Å². The summed E-state index contributed by atoms with van der Waals surface area (Å²) >= 11 is 0. The minimum absolute atomic E-state index is 0.104. The van der Waals surface area contributed by atoms with Crippen molar-refractivity contribution in [2.24, 2.45) is 10.6 Å². The fraction of sp³-hybridized carbons (Fsp3) is 0.444. The number of carbonyl (C=O) groups excluding carboxylic acids is 1. The van der Waals surface area contributed by atoms with Crippen LogP contribution in [0, 0.1) is 5.41 Å². The van der Waals surface area contributed by atoms with E-state index >= 15 is 0 Å². The first-order valence-corrected chi connectivity index (χ1v) is 11.9. The zero-order chi connectivity index (χ0) is 26.1. The number of methoxy groups -OCH3 is 2. The Hall–Kier alpha value is -3.59. The number of nitrogens with zero attached hydrogens (tertiary/aromatic N) is 1. The van der Waals surface area contributed by atoms with Gasteiger partial charge >= 0.3 is 5.97 Å². The van der Waals surface area contributed by atoms with Crippen LogP contribution in [0.2, 0.25) is 0 Å². The zero-order valence-electron chi connectivity index (χ0n) is 21.2. The van der Waals surface area contributed by atoms with Gasteiger partial charge in [0.05, 0.1) is 19.8 Å². The number of oxime groups is 1. The molecule has 9 nitrogen and oxygen atoms in total. The number of carboxylic acids is 1. The molecule has 1 aliphatic heterocycles.